The molecule has 3 N–H and O–H groups in total. The van der Waals surface area contributed by atoms with Crippen LogP contribution < -0.4 is 10.5 Å². The summed E-state index contributed by atoms with van der Waals surface area (Å²) >= 11 is 2.92. The van der Waals surface area contributed by atoms with Crippen molar-refractivity contribution in [3.63, 3.8) is 0 Å². The number of amides is 1. The van der Waals surface area contributed by atoms with Crippen molar-refractivity contribution in [2.75, 3.05) is 0 Å². The van der Waals surface area contributed by atoms with E-state index < -0.39 is 21.7 Å². The van der Waals surface area contributed by atoms with E-state index in [0.717, 1.165) is 18.6 Å². The van der Waals surface area contributed by atoms with Crippen LogP contribution in [0.4, 0.5) is 4.39 Å². The second-order valence-electron chi connectivity index (χ2n) is 4.96. The number of hydrogen-bond donors (Lipinski definition) is 2. The summed E-state index contributed by atoms with van der Waals surface area (Å²) in [5.74, 6) is -1.27. The summed E-state index contributed by atoms with van der Waals surface area (Å²) in [7, 11) is -4.05. The highest BCUT2D eigenvalue weighted by Gasteiger charge is 2.22. The molecule has 0 saturated heterocycles. The van der Waals surface area contributed by atoms with E-state index in [2.05, 4.69) is 21.2 Å². The summed E-state index contributed by atoms with van der Waals surface area (Å²) in [6.07, 6.45) is 0.854. The van der Waals surface area contributed by atoms with Crippen molar-refractivity contribution in [1.82, 2.24) is 5.32 Å². The Kier molecular flexibility index (Phi) is 5.89. The maximum absolute atomic E-state index is 13.9. The summed E-state index contributed by atoms with van der Waals surface area (Å²) < 4.78 is 36.7. The lowest BCUT2D eigenvalue weighted by Crippen LogP contribution is -2.37. The average molecular weight is 381 g/mol. The van der Waals surface area contributed by atoms with E-state index in [-0.39, 0.29) is 26.9 Å². The number of carbonyl (C=O) groups is 1. The van der Waals surface area contributed by atoms with Gasteiger partial charge in [-0.05, 0) is 40.9 Å². The van der Waals surface area contributed by atoms with Crippen molar-refractivity contribution in [2.24, 2.45) is 11.1 Å². The SMILES string of the molecule is CCC(C)C(C)NC(=O)c1cc(S(N)(=O)=O)c(Br)cc1F. The summed E-state index contributed by atoms with van der Waals surface area (Å²) in [6.45, 7) is 5.74. The minimum atomic E-state index is -4.05. The molecule has 0 saturated carbocycles. The fourth-order valence-electron chi connectivity index (χ4n) is 1.70. The van der Waals surface area contributed by atoms with Crippen LogP contribution in [0.2, 0.25) is 0 Å². The molecule has 1 aromatic rings. The first kappa shape index (κ1) is 18.1. The molecule has 2 unspecified atom stereocenters. The highest BCUT2D eigenvalue weighted by molar-refractivity contribution is 9.10. The van der Waals surface area contributed by atoms with Gasteiger partial charge in [-0.1, -0.05) is 20.3 Å². The molecule has 0 aliphatic carbocycles. The normalized spacial score (nSPS) is 14.6. The Morgan fingerprint density at radius 3 is 2.48 bits per heavy atom. The summed E-state index contributed by atoms with van der Waals surface area (Å²) in [6, 6.07) is 1.69. The van der Waals surface area contributed by atoms with Gasteiger partial charge < -0.3 is 5.32 Å². The maximum atomic E-state index is 13.9. The minimum absolute atomic E-state index is 0.0194. The first-order valence-electron chi connectivity index (χ1n) is 6.40. The molecule has 2 atom stereocenters. The molecule has 0 aliphatic heterocycles. The van der Waals surface area contributed by atoms with E-state index in [0.29, 0.717) is 0 Å². The Morgan fingerprint density at radius 1 is 1.43 bits per heavy atom. The zero-order valence-corrected chi connectivity index (χ0v) is 14.4. The lowest BCUT2D eigenvalue weighted by atomic mass is 10.0. The van der Waals surface area contributed by atoms with Gasteiger partial charge in [-0.2, -0.15) is 0 Å². The van der Waals surface area contributed by atoms with Crippen molar-refractivity contribution in [3.8, 4) is 0 Å². The van der Waals surface area contributed by atoms with Gasteiger partial charge in [-0.15, -0.1) is 0 Å². The number of benzene rings is 1. The zero-order chi connectivity index (χ0) is 16.4. The van der Waals surface area contributed by atoms with Gasteiger partial charge in [-0.3, -0.25) is 4.79 Å². The van der Waals surface area contributed by atoms with Crippen LogP contribution in [0, 0.1) is 11.7 Å². The third kappa shape index (κ3) is 4.49. The molecule has 0 radical (unpaired) electrons. The Hall–Kier alpha value is -0.990. The van der Waals surface area contributed by atoms with Crippen molar-refractivity contribution in [2.45, 2.75) is 38.1 Å². The van der Waals surface area contributed by atoms with Gasteiger partial charge in [0, 0.05) is 10.5 Å². The third-order valence-corrected chi connectivity index (χ3v) is 5.30. The second kappa shape index (κ2) is 6.85. The van der Waals surface area contributed by atoms with Crippen LogP contribution in [0.3, 0.4) is 0 Å². The first-order chi connectivity index (χ1) is 9.57. The van der Waals surface area contributed by atoms with E-state index in [9.17, 15) is 17.6 Å². The third-order valence-electron chi connectivity index (χ3n) is 3.43. The molecule has 0 bridgehead atoms. The molecular weight excluding hydrogens is 363 g/mol. The van der Waals surface area contributed by atoms with Crippen molar-refractivity contribution in [1.29, 1.82) is 0 Å². The quantitative estimate of drug-likeness (QED) is 0.821. The molecule has 118 valence electrons. The van der Waals surface area contributed by atoms with Gasteiger partial charge in [0.15, 0.2) is 0 Å². The fourth-order valence-corrected chi connectivity index (χ4v) is 3.31. The van der Waals surface area contributed by atoms with Crippen LogP contribution >= 0.6 is 15.9 Å². The Morgan fingerprint density at radius 2 is 2.00 bits per heavy atom. The Balaban J connectivity index is 3.16. The van der Waals surface area contributed by atoms with Gasteiger partial charge in [0.2, 0.25) is 10.0 Å². The molecular formula is C13H18BrFN2O3S. The summed E-state index contributed by atoms with van der Waals surface area (Å²) in [5.41, 5.74) is -0.350. The number of sulfonamides is 1. The van der Waals surface area contributed by atoms with Crippen LogP contribution in [-0.2, 0) is 10.0 Å². The standard InChI is InChI=1S/C13H18BrFN2O3S/c1-4-7(2)8(3)17-13(18)9-5-12(21(16,19)20)10(14)6-11(9)15/h5-8H,4H2,1-3H3,(H,17,18)(H2,16,19,20). The number of primary sulfonamides is 1. The number of nitrogens with one attached hydrogen (secondary N) is 1. The van der Waals surface area contributed by atoms with E-state index in [1.807, 2.05) is 20.8 Å². The zero-order valence-electron chi connectivity index (χ0n) is 12.0. The molecule has 0 fully saturated rings. The Labute approximate surface area is 132 Å². The Bertz CT molecular complexity index is 649. The monoisotopic (exact) mass is 380 g/mol. The molecule has 5 nitrogen and oxygen atoms in total. The van der Waals surface area contributed by atoms with Gasteiger partial charge in [-0.25, -0.2) is 17.9 Å². The minimum Gasteiger partial charge on any atom is -0.349 e. The van der Waals surface area contributed by atoms with Gasteiger partial charge in [0.25, 0.3) is 5.91 Å². The topological polar surface area (TPSA) is 89.3 Å². The van der Waals surface area contributed by atoms with Crippen LogP contribution in [-0.4, -0.2) is 20.4 Å². The number of carbonyl (C=O) groups excluding carboxylic acids is 1. The number of nitrogens with two attached hydrogens (primary N) is 1. The smallest absolute Gasteiger partial charge is 0.254 e. The highest BCUT2D eigenvalue weighted by atomic mass is 79.9. The van der Waals surface area contributed by atoms with Crippen molar-refractivity contribution in [3.05, 3.63) is 28.0 Å². The average Bonchev–Trinajstić information content (AvgIpc) is 2.35. The van der Waals surface area contributed by atoms with Crippen LogP contribution in [0.15, 0.2) is 21.5 Å². The first-order valence-corrected chi connectivity index (χ1v) is 8.74. The van der Waals surface area contributed by atoms with E-state index in [1.54, 1.807) is 0 Å². The van der Waals surface area contributed by atoms with Crippen LogP contribution in [0.5, 0.6) is 0 Å². The fraction of sp³-hybridized carbons (Fsp3) is 0.462. The molecule has 0 aromatic heterocycles. The molecule has 1 amide bonds. The van der Waals surface area contributed by atoms with Crippen molar-refractivity contribution >= 4 is 31.9 Å². The molecule has 0 spiro atoms. The predicted octanol–water partition coefficient (Wildman–Crippen LogP) is 2.40. The van der Waals surface area contributed by atoms with E-state index in [4.69, 9.17) is 5.14 Å². The number of halogens is 2. The van der Waals surface area contributed by atoms with Crippen LogP contribution in [0.1, 0.15) is 37.6 Å². The predicted molar refractivity (Wildman–Crippen MR) is 81.9 cm³/mol. The molecule has 1 rings (SSSR count). The number of hydrogen-bond acceptors (Lipinski definition) is 3. The molecule has 0 aliphatic rings. The molecule has 21 heavy (non-hydrogen) atoms. The summed E-state index contributed by atoms with van der Waals surface area (Å²) in [5, 5.41) is 7.69. The van der Waals surface area contributed by atoms with Crippen LogP contribution in [0.25, 0.3) is 0 Å². The molecule has 0 heterocycles. The molecule has 8 heteroatoms. The summed E-state index contributed by atoms with van der Waals surface area (Å²) in [4.78, 5) is 11.8. The highest BCUT2D eigenvalue weighted by Crippen LogP contribution is 2.25. The van der Waals surface area contributed by atoms with Gasteiger partial charge >= 0.3 is 0 Å². The second-order valence-corrected chi connectivity index (χ2v) is 7.34. The van der Waals surface area contributed by atoms with Gasteiger partial charge in [0.05, 0.1) is 10.5 Å². The van der Waals surface area contributed by atoms with E-state index >= 15 is 0 Å². The number of rotatable bonds is 5. The lowest BCUT2D eigenvalue weighted by molar-refractivity contribution is 0.0923. The lowest BCUT2D eigenvalue weighted by Gasteiger charge is -2.20. The van der Waals surface area contributed by atoms with Crippen molar-refractivity contribution < 1.29 is 17.6 Å². The molecule has 1 aromatic carbocycles. The van der Waals surface area contributed by atoms with E-state index in [1.165, 1.54) is 0 Å². The largest absolute Gasteiger partial charge is 0.349 e. The van der Waals surface area contributed by atoms with Gasteiger partial charge in [0.1, 0.15) is 5.82 Å². The maximum Gasteiger partial charge on any atom is 0.254 e.